The molecule has 2 heterocycles. The molecule has 0 bridgehead atoms. The Hall–Kier alpha value is -2.50. The lowest BCUT2D eigenvalue weighted by Gasteiger charge is -2.27. The molecule has 0 spiro atoms. The van der Waals surface area contributed by atoms with Gasteiger partial charge in [-0.1, -0.05) is 44.2 Å². The summed E-state index contributed by atoms with van der Waals surface area (Å²) in [6.45, 7) is 0. The maximum Gasteiger partial charge on any atom is 0.270 e. The first-order valence-electron chi connectivity index (χ1n) is 9.56. The molecular weight excluding hydrogens is 330 g/mol. The van der Waals surface area contributed by atoms with Crippen molar-refractivity contribution in [2.45, 2.75) is 63.3 Å². The molecule has 1 aliphatic heterocycles. The van der Waals surface area contributed by atoms with Crippen LogP contribution in [-0.4, -0.2) is 20.8 Å². The number of hydrogen-bond acceptors (Lipinski definition) is 3. The van der Waals surface area contributed by atoms with E-state index < -0.39 is 0 Å². The van der Waals surface area contributed by atoms with Crippen LogP contribution in [0.25, 0.3) is 0 Å². The summed E-state index contributed by atoms with van der Waals surface area (Å²) in [5.74, 6) is 0.338. The molecule has 1 amide bonds. The van der Waals surface area contributed by atoms with Crippen molar-refractivity contribution in [2.75, 3.05) is 5.32 Å². The molecule has 1 unspecified atom stereocenters. The number of carbonyl (C=O) groups is 1. The molecular formula is C20H25N3O3. The molecule has 1 atom stereocenters. The van der Waals surface area contributed by atoms with Crippen LogP contribution in [0.3, 0.4) is 0 Å². The van der Waals surface area contributed by atoms with Crippen LogP contribution >= 0.6 is 0 Å². The van der Waals surface area contributed by atoms with E-state index in [0.29, 0.717) is 11.4 Å². The summed E-state index contributed by atoms with van der Waals surface area (Å²) in [7, 11) is 0. The minimum Gasteiger partial charge on any atom is -0.508 e. The zero-order valence-electron chi connectivity index (χ0n) is 14.8. The van der Waals surface area contributed by atoms with E-state index in [1.165, 1.54) is 19.3 Å². The number of carbonyl (C=O) groups excluding carboxylic acids is 1. The molecule has 0 saturated heterocycles. The SMILES string of the molecule is O=C1CC(c2cccc(O)c2)c2c(n(C3CCCCCCC3)[nH]c2=O)N1. The van der Waals surface area contributed by atoms with Gasteiger partial charge in [0.25, 0.3) is 5.56 Å². The molecule has 26 heavy (non-hydrogen) atoms. The number of amides is 1. The molecule has 3 N–H and O–H groups in total. The van der Waals surface area contributed by atoms with Gasteiger partial charge in [-0.05, 0) is 30.5 Å². The topological polar surface area (TPSA) is 87.1 Å². The Balaban J connectivity index is 1.76. The van der Waals surface area contributed by atoms with Crippen molar-refractivity contribution in [3.05, 3.63) is 45.7 Å². The van der Waals surface area contributed by atoms with Gasteiger partial charge in [-0.15, -0.1) is 0 Å². The third-order valence-corrected chi connectivity index (χ3v) is 5.67. The number of nitrogens with one attached hydrogen (secondary N) is 2. The second-order valence-electron chi connectivity index (χ2n) is 7.47. The van der Waals surface area contributed by atoms with Crippen molar-refractivity contribution in [2.24, 2.45) is 0 Å². The first-order valence-corrected chi connectivity index (χ1v) is 9.56. The van der Waals surface area contributed by atoms with Gasteiger partial charge in [0.2, 0.25) is 5.91 Å². The summed E-state index contributed by atoms with van der Waals surface area (Å²) < 4.78 is 1.90. The minimum atomic E-state index is -0.329. The second-order valence-corrected chi connectivity index (χ2v) is 7.47. The monoisotopic (exact) mass is 355 g/mol. The second kappa shape index (κ2) is 7.02. The van der Waals surface area contributed by atoms with Gasteiger partial charge in [0.15, 0.2) is 0 Å². The van der Waals surface area contributed by atoms with Crippen LogP contribution in [0.4, 0.5) is 5.82 Å². The summed E-state index contributed by atoms with van der Waals surface area (Å²) in [5.41, 5.74) is 1.26. The normalized spacial score (nSPS) is 21.5. The van der Waals surface area contributed by atoms with E-state index in [-0.39, 0.29) is 35.6 Å². The lowest BCUT2D eigenvalue weighted by atomic mass is 9.87. The van der Waals surface area contributed by atoms with Crippen molar-refractivity contribution in [3.63, 3.8) is 0 Å². The maximum atomic E-state index is 12.8. The van der Waals surface area contributed by atoms with Crippen molar-refractivity contribution in [3.8, 4) is 5.75 Å². The Morgan fingerprint density at radius 1 is 1.04 bits per heavy atom. The summed E-state index contributed by atoms with van der Waals surface area (Å²) >= 11 is 0. The highest BCUT2D eigenvalue weighted by atomic mass is 16.3. The number of fused-ring (bicyclic) bond motifs is 1. The van der Waals surface area contributed by atoms with Gasteiger partial charge in [0.05, 0.1) is 11.6 Å². The van der Waals surface area contributed by atoms with E-state index in [4.69, 9.17) is 0 Å². The van der Waals surface area contributed by atoms with E-state index in [0.717, 1.165) is 31.2 Å². The molecule has 1 aromatic heterocycles. The molecule has 6 heteroatoms. The Kier molecular flexibility index (Phi) is 4.57. The third kappa shape index (κ3) is 3.16. The van der Waals surface area contributed by atoms with Gasteiger partial charge in [-0.3, -0.25) is 19.4 Å². The highest BCUT2D eigenvalue weighted by molar-refractivity contribution is 5.94. The average molecular weight is 355 g/mol. The fourth-order valence-electron chi connectivity index (χ4n) is 4.38. The largest absolute Gasteiger partial charge is 0.508 e. The smallest absolute Gasteiger partial charge is 0.270 e. The van der Waals surface area contributed by atoms with E-state index in [2.05, 4.69) is 10.4 Å². The zero-order valence-corrected chi connectivity index (χ0v) is 14.8. The Morgan fingerprint density at radius 2 is 1.77 bits per heavy atom. The minimum absolute atomic E-state index is 0.0931. The van der Waals surface area contributed by atoms with Crippen LogP contribution in [0.1, 0.15) is 74.5 Å². The number of phenolic OH excluding ortho intramolecular Hbond substituents is 1. The lowest BCUT2D eigenvalue weighted by molar-refractivity contribution is -0.116. The van der Waals surface area contributed by atoms with Crippen molar-refractivity contribution in [1.82, 2.24) is 9.78 Å². The predicted octanol–water partition coefficient (Wildman–Crippen LogP) is 3.64. The Morgan fingerprint density at radius 3 is 2.50 bits per heavy atom. The molecule has 2 aliphatic rings. The molecule has 0 radical (unpaired) electrons. The number of hydrogen-bond donors (Lipinski definition) is 3. The van der Waals surface area contributed by atoms with Crippen molar-refractivity contribution < 1.29 is 9.90 Å². The quantitative estimate of drug-likeness (QED) is 0.768. The first kappa shape index (κ1) is 16.9. The molecule has 1 fully saturated rings. The molecule has 4 rings (SSSR count). The van der Waals surface area contributed by atoms with Gasteiger partial charge in [-0.25, -0.2) is 0 Å². The van der Waals surface area contributed by atoms with E-state index in [9.17, 15) is 14.7 Å². The van der Waals surface area contributed by atoms with Crippen LogP contribution in [0, 0.1) is 0 Å². The van der Waals surface area contributed by atoms with Gasteiger partial charge >= 0.3 is 0 Å². The number of aromatic hydroxyl groups is 1. The summed E-state index contributed by atoms with van der Waals surface area (Å²) in [6, 6.07) is 7.06. The number of H-pyrrole nitrogens is 1. The van der Waals surface area contributed by atoms with Crippen LogP contribution in [-0.2, 0) is 4.79 Å². The summed E-state index contributed by atoms with van der Waals surface area (Å²) in [5, 5.41) is 15.7. The molecule has 1 saturated carbocycles. The standard InChI is InChI=1S/C20H25N3O3/c24-15-10-6-7-13(11-15)16-12-17(25)21-19-18(16)20(26)22-23(19)14-8-4-2-1-3-5-9-14/h6-7,10-11,14,16,24H,1-5,8-9,12H2,(H,21,25)(H,22,26). The number of benzene rings is 1. The fourth-order valence-corrected chi connectivity index (χ4v) is 4.38. The Bertz CT molecular complexity index is 859. The first-order chi connectivity index (χ1) is 12.6. The fraction of sp³-hybridized carbons (Fsp3) is 0.500. The number of phenols is 1. The highest BCUT2D eigenvalue weighted by Crippen LogP contribution is 2.38. The van der Waals surface area contributed by atoms with Gasteiger partial charge in [0, 0.05) is 12.3 Å². The lowest BCUT2D eigenvalue weighted by Crippen LogP contribution is -2.27. The van der Waals surface area contributed by atoms with Gasteiger partial charge in [-0.2, -0.15) is 0 Å². The van der Waals surface area contributed by atoms with Gasteiger partial charge < -0.3 is 10.4 Å². The van der Waals surface area contributed by atoms with E-state index in [1.54, 1.807) is 18.2 Å². The number of aromatic nitrogens is 2. The van der Waals surface area contributed by atoms with E-state index >= 15 is 0 Å². The van der Waals surface area contributed by atoms with Crippen LogP contribution in [0.15, 0.2) is 29.1 Å². The van der Waals surface area contributed by atoms with E-state index in [1.807, 2.05) is 10.7 Å². The van der Waals surface area contributed by atoms with Crippen LogP contribution in [0.5, 0.6) is 5.75 Å². The number of aromatic amines is 1. The molecule has 1 aliphatic carbocycles. The summed E-state index contributed by atoms with van der Waals surface area (Å²) in [6.07, 6.45) is 8.27. The van der Waals surface area contributed by atoms with Crippen LogP contribution < -0.4 is 10.9 Å². The van der Waals surface area contributed by atoms with Gasteiger partial charge in [0.1, 0.15) is 11.6 Å². The Labute approximate surface area is 152 Å². The van der Waals surface area contributed by atoms with Crippen molar-refractivity contribution in [1.29, 1.82) is 0 Å². The van der Waals surface area contributed by atoms with Crippen LogP contribution in [0.2, 0.25) is 0 Å². The number of rotatable bonds is 2. The predicted molar refractivity (Wildman–Crippen MR) is 99.6 cm³/mol. The molecule has 1 aromatic carbocycles. The molecule has 138 valence electrons. The highest BCUT2D eigenvalue weighted by Gasteiger charge is 2.34. The average Bonchev–Trinajstić information content (AvgIpc) is 2.90. The number of anilines is 1. The van der Waals surface area contributed by atoms with Crippen molar-refractivity contribution >= 4 is 11.7 Å². The molecule has 2 aromatic rings. The zero-order chi connectivity index (χ0) is 18.1. The molecule has 6 nitrogen and oxygen atoms in total. The number of nitrogens with zero attached hydrogens (tertiary/aromatic N) is 1. The summed E-state index contributed by atoms with van der Waals surface area (Å²) in [4.78, 5) is 25.1. The maximum absolute atomic E-state index is 12.8. The third-order valence-electron chi connectivity index (χ3n) is 5.67.